The Labute approximate surface area is 171 Å². The van der Waals surface area contributed by atoms with Crippen LogP contribution in [0.15, 0.2) is 59.5 Å². The number of amides is 2. The van der Waals surface area contributed by atoms with E-state index in [0.717, 1.165) is 12.0 Å². The minimum atomic E-state index is -3.63. The maximum atomic E-state index is 12.9. The Balaban J connectivity index is 1.58. The second-order valence-corrected chi connectivity index (χ2v) is 8.83. The van der Waals surface area contributed by atoms with E-state index >= 15 is 0 Å². The number of benzene rings is 2. The molecule has 7 nitrogen and oxygen atoms in total. The van der Waals surface area contributed by atoms with Crippen LogP contribution in [-0.4, -0.2) is 43.7 Å². The highest BCUT2D eigenvalue weighted by atomic mass is 32.2. The molecule has 0 saturated carbocycles. The van der Waals surface area contributed by atoms with E-state index in [-0.39, 0.29) is 17.5 Å². The van der Waals surface area contributed by atoms with Crippen LogP contribution in [0.25, 0.3) is 0 Å². The minimum Gasteiger partial charge on any atom is -0.346 e. The molecule has 2 amide bonds. The molecule has 1 atom stereocenters. The van der Waals surface area contributed by atoms with Crippen molar-refractivity contribution in [1.29, 1.82) is 0 Å². The molecule has 1 aliphatic rings. The summed E-state index contributed by atoms with van der Waals surface area (Å²) in [6, 6.07) is 15.1. The molecule has 3 rings (SSSR count). The molecule has 1 aliphatic heterocycles. The van der Waals surface area contributed by atoms with Gasteiger partial charge in [-0.3, -0.25) is 9.59 Å². The Kier molecular flexibility index (Phi) is 6.66. The number of aryl methyl sites for hydroxylation is 1. The van der Waals surface area contributed by atoms with Crippen LogP contribution in [0.1, 0.15) is 25.3 Å². The third kappa shape index (κ3) is 5.02. The molecule has 8 heteroatoms. The van der Waals surface area contributed by atoms with E-state index in [4.69, 9.17) is 0 Å². The van der Waals surface area contributed by atoms with Gasteiger partial charge in [-0.1, -0.05) is 37.3 Å². The maximum Gasteiger partial charge on any atom is 0.313 e. The summed E-state index contributed by atoms with van der Waals surface area (Å²) in [5, 5.41) is 5.12. The highest BCUT2D eigenvalue weighted by molar-refractivity contribution is 7.89. The van der Waals surface area contributed by atoms with Crippen molar-refractivity contribution >= 4 is 27.5 Å². The number of rotatable bonds is 6. The Bertz CT molecular complexity index is 959. The van der Waals surface area contributed by atoms with Crippen LogP contribution in [0.4, 0.5) is 5.69 Å². The molecule has 154 valence electrons. The first-order valence-electron chi connectivity index (χ1n) is 9.67. The van der Waals surface area contributed by atoms with Crippen molar-refractivity contribution in [2.45, 2.75) is 37.1 Å². The van der Waals surface area contributed by atoms with E-state index in [1.54, 1.807) is 42.5 Å². The molecule has 0 spiro atoms. The molecule has 2 aromatic rings. The lowest BCUT2D eigenvalue weighted by Crippen LogP contribution is -2.45. The van der Waals surface area contributed by atoms with Crippen molar-refractivity contribution in [2.75, 3.05) is 18.4 Å². The van der Waals surface area contributed by atoms with E-state index < -0.39 is 21.8 Å². The average Bonchev–Trinajstić information content (AvgIpc) is 3.22. The summed E-state index contributed by atoms with van der Waals surface area (Å²) in [4.78, 5) is 24.5. The molecule has 2 aromatic carbocycles. The van der Waals surface area contributed by atoms with Gasteiger partial charge in [0.25, 0.3) is 0 Å². The van der Waals surface area contributed by atoms with Gasteiger partial charge in [-0.25, -0.2) is 8.42 Å². The highest BCUT2D eigenvalue weighted by Gasteiger charge is 2.35. The molecular weight excluding hydrogens is 390 g/mol. The lowest BCUT2D eigenvalue weighted by Gasteiger charge is -2.24. The van der Waals surface area contributed by atoms with Crippen molar-refractivity contribution in [2.24, 2.45) is 0 Å². The van der Waals surface area contributed by atoms with Gasteiger partial charge in [-0.15, -0.1) is 0 Å². The summed E-state index contributed by atoms with van der Waals surface area (Å²) in [6.45, 7) is 2.52. The molecular formula is C21H25N3O4S. The second-order valence-electron chi connectivity index (χ2n) is 6.94. The smallest absolute Gasteiger partial charge is 0.313 e. The van der Waals surface area contributed by atoms with E-state index in [9.17, 15) is 18.0 Å². The zero-order valence-corrected chi connectivity index (χ0v) is 17.1. The van der Waals surface area contributed by atoms with Gasteiger partial charge < -0.3 is 10.6 Å². The van der Waals surface area contributed by atoms with Crippen LogP contribution < -0.4 is 10.6 Å². The van der Waals surface area contributed by atoms with Gasteiger partial charge in [-0.05, 0) is 49.1 Å². The van der Waals surface area contributed by atoms with Crippen LogP contribution in [0, 0.1) is 0 Å². The number of nitrogens with one attached hydrogen (secondary N) is 2. The fourth-order valence-electron chi connectivity index (χ4n) is 3.36. The lowest BCUT2D eigenvalue weighted by atomic mass is 10.1. The van der Waals surface area contributed by atoms with Gasteiger partial charge in [0.2, 0.25) is 10.0 Å². The Hall–Kier alpha value is -2.71. The summed E-state index contributed by atoms with van der Waals surface area (Å²) >= 11 is 0. The molecule has 0 radical (unpaired) electrons. The summed E-state index contributed by atoms with van der Waals surface area (Å²) in [5.74, 6) is -1.56. The molecule has 0 aliphatic carbocycles. The summed E-state index contributed by atoms with van der Waals surface area (Å²) in [7, 11) is -3.63. The normalized spacial score (nSPS) is 17.1. The van der Waals surface area contributed by atoms with Crippen LogP contribution in [0.3, 0.4) is 0 Å². The third-order valence-corrected chi connectivity index (χ3v) is 6.96. The third-order valence-electron chi connectivity index (χ3n) is 5.00. The van der Waals surface area contributed by atoms with Gasteiger partial charge in [0.05, 0.1) is 4.90 Å². The zero-order chi connectivity index (χ0) is 20.9. The van der Waals surface area contributed by atoms with Crippen molar-refractivity contribution in [3.05, 3.63) is 60.2 Å². The van der Waals surface area contributed by atoms with Crippen LogP contribution >= 0.6 is 0 Å². The van der Waals surface area contributed by atoms with Gasteiger partial charge in [0, 0.05) is 24.8 Å². The number of hydrogen-bond acceptors (Lipinski definition) is 4. The van der Waals surface area contributed by atoms with Crippen molar-refractivity contribution in [3.8, 4) is 0 Å². The second kappa shape index (κ2) is 9.19. The maximum absolute atomic E-state index is 12.9. The SMILES string of the molecule is CCc1ccc(NC(=O)C(=O)NC[C@H]2CCCN2S(=O)(=O)c2ccccc2)cc1. The molecule has 1 heterocycles. The Morgan fingerprint density at radius 1 is 1.03 bits per heavy atom. The first-order chi connectivity index (χ1) is 13.9. The standard InChI is InChI=1S/C21H25N3O4S/c1-2-16-10-12-17(13-11-16)23-21(26)20(25)22-15-18-7-6-14-24(18)29(27,28)19-8-4-3-5-9-19/h3-5,8-13,18H,2,6-7,14-15H2,1H3,(H,22,25)(H,23,26)/t18-/m1/s1. The number of carbonyl (C=O) groups excluding carboxylic acids is 2. The summed E-state index contributed by atoms with van der Waals surface area (Å²) in [6.07, 6.45) is 2.23. The molecule has 1 saturated heterocycles. The number of carbonyl (C=O) groups is 2. The lowest BCUT2D eigenvalue weighted by molar-refractivity contribution is -0.136. The number of sulfonamides is 1. The number of anilines is 1. The molecule has 29 heavy (non-hydrogen) atoms. The zero-order valence-electron chi connectivity index (χ0n) is 16.3. The quantitative estimate of drug-likeness (QED) is 0.707. The Morgan fingerprint density at radius 3 is 2.38 bits per heavy atom. The average molecular weight is 416 g/mol. The van der Waals surface area contributed by atoms with Crippen molar-refractivity contribution < 1.29 is 18.0 Å². The first-order valence-corrected chi connectivity index (χ1v) is 11.1. The van der Waals surface area contributed by atoms with E-state index in [0.29, 0.717) is 25.1 Å². The summed E-state index contributed by atoms with van der Waals surface area (Å²) in [5.41, 5.74) is 1.67. The van der Waals surface area contributed by atoms with E-state index in [1.165, 1.54) is 4.31 Å². The number of nitrogens with zero attached hydrogens (tertiary/aromatic N) is 1. The van der Waals surface area contributed by atoms with Gasteiger partial charge >= 0.3 is 11.8 Å². The van der Waals surface area contributed by atoms with Crippen LogP contribution in [-0.2, 0) is 26.0 Å². The molecule has 0 aromatic heterocycles. The number of hydrogen-bond donors (Lipinski definition) is 2. The molecule has 2 N–H and O–H groups in total. The minimum absolute atomic E-state index is 0.0904. The summed E-state index contributed by atoms with van der Waals surface area (Å²) < 4.78 is 27.1. The van der Waals surface area contributed by atoms with Crippen molar-refractivity contribution in [1.82, 2.24) is 9.62 Å². The predicted octanol–water partition coefficient (Wildman–Crippen LogP) is 2.16. The van der Waals surface area contributed by atoms with Crippen LogP contribution in [0.2, 0.25) is 0 Å². The molecule has 0 bridgehead atoms. The fourth-order valence-corrected chi connectivity index (χ4v) is 5.07. The van der Waals surface area contributed by atoms with Gasteiger partial charge in [0.1, 0.15) is 0 Å². The topological polar surface area (TPSA) is 95.6 Å². The van der Waals surface area contributed by atoms with Gasteiger partial charge in [-0.2, -0.15) is 4.31 Å². The fraction of sp³-hybridized carbons (Fsp3) is 0.333. The van der Waals surface area contributed by atoms with E-state index in [1.807, 2.05) is 19.1 Å². The largest absolute Gasteiger partial charge is 0.346 e. The van der Waals surface area contributed by atoms with E-state index in [2.05, 4.69) is 10.6 Å². The Morgan fingerprint density at radius 2 is 1.72 bits per heavy atom. The van der Waals surface area contributed by atoms with Crippen LogP contribution in [0.5, 0.6) is 0 Å². The first kappa shape index (κ1) is 21.0. The van der Waals surface area contributed by atoms with Gasteiger partial charge in [0.15, 0.2) is 0 Å². The predicted molar refractivity (Wildman–Crippen MR) is 111 cm³/mol. The highest BCUT2D eigenvalue weighted by Crippen LogP contribution is 2.25. The molecule has 1 fully saturated rings. The van der Waals surface area contributed by atoms with Crippen molar-refractivity contribution in [3.63, 3.8) is 0 Å². The molecule has 0 unspecified atom stereocenters. The monoisotopic (exact) mass is 415 g/mol.